The summed E-state index contributed by atoms with van der Waals surface area (Å²) in [4.78, 5) is 28.9. The first kappa shape index (κ1) is 19.7. The molecule has 2 aliphatic heterocycles. The highest BCUT2D eigenvalue weighted by molar-refractivity contribution is 6.18. The molecule has 146 valence electrons. The summed E-state index contributed by atoms with van der Waals surface area (Å²) in [6.45, 7) is 5.43. The third-order valence-electron chi connectivity index (χ3n) is 4.82. The van der Waals surface area contributed by atoms with Crippen molar-refractivity contribution in [2.24, 2.45) is 0 Å². The summed E-state index contributed by atoms with van der Waals surface area (Å²) >= 11 is 5.63. The van der Waals surface area contributed by atoms with Crippen molar-refractivity contribution in [1.82, 2.24) is 4.90 Å². The Labute approximate surface area is 165 Å². The van der Waals surface area contributed by atoms with E-state index < -0.39 is 0 Å². The van der Waals surface area contributed by atoms with Crippen molar-refractivity contribution in [2.75, 3.05) is 48.9 Å². The number of amides is 2. The molecule has 1 saturated heterocycles. The first-order valence-electron chi connectivity index (χ1n) is 9.41. The van der Waals surface area contributed by atoms with E-state index >= 15 is 0 Å². The Morgan fingerprint density at radius 2 is 2.04 bits per heavy atom. The Bertz CT molecular complexity index is 729. The summed E-state index contributed by atoms with van der Waals surface area (Å²) in [6.07, 6.45) is 3.92. The van der Waals surface area contributed by atoms with Crippen molar-refractivity contribution in [3.8, 4) is 0 Å². The normalized spacial score (nSPS) is 17.7. The molecule has 0 radical (unpaired) electrons. The Morgan fingerprint density at radius 3 is 2.74 bits per heavy atom. The van der Waals surface area contributed by atoms with Gasteiger partial charge in [0.05, 0.1) is 18.9 Å². The summed E-state index contributed by atoms with van der Waals surface area (Å²) in [5.41, 5.74) is 3.35. The number of ether oxygens (including phenoxy) is 1. The molecule has 1 N–H and O–H groups in total. The first-order chi connectivity index (χ1) is 13.1. The highest BCUT2D eigenvalue weighted by Gasteiger charge is 2.28. The molecule has 2 heterocycles. The fourth-order valence-corrected chi connectivity index (χ4v) is 3.58. The van der Waals surface area contributed by atoms with Gasteiger partial charge in [-0.3, -0.25) is 9.59 Å². The number of alkyl halides is 1. The van der Waals surface area contributed by atoms with Crippen molar-refractivity contribution in [2.45, 2.75) is 26.2 Å². The highest BCUT2D eigenvalue weighted by Crippen LogP contribution is 2.28. The van der Waals surface area contributed by atoms with Gasteiger partial charge >= 0.3 is 0 Å². The topological polar surface area (TPSA) is 61.9 Å². The molecular weight excluding hydrogens is 366 g/mol. The SMILES string of the molecule is Cc1cc(NC(=O)CCCCl)ccc1N1CCC=C(N2CCOCC2)C1=O. The fourth-order valence-electron chi connectivity index (χ4n) is 3.44. The van der Waals surface area contributed by atoms with Crippen LogP contribution in [-0.4, -0.2) is 55.4 Å². The molecule has 1 aromatic carbocycles. The van der Waals surface area contributed by atoms with E-state index in [0.29, 0.717) is 38.5 Å². The second-order valence-corrected chi connectivity index (χ2v) is 7.15. The Hall–Kier alpha value is -2.05. The Morgan fingerprint density at radius 1 is 1.26 bits per heavy atom. The first-order valence-corrected chi connectivity index (χ1v) is 9.95. The zero-order valence-corrected chi connectivity index (χ0v) is 16.4. The van der Waals surface area contributed by atoms with Crippen molar-refractivity contribution in [3.63, 3.8) is 0 Å². The molecule has 6 nitrogen and oxygen atoms in total. The molecule has 0 unspecified atom stereocenters. The lowest BCUT2D eigenvalue weighted by Gasteiger charge is -2.36. The van der Waals surface area contributed by atoms with Gasteiger partial charge in [-0.05, 0) is 43.5 Å². The van der Waals surface area contributed by atoms with Crippen LogP contribution in [0.25, 0.3) is 0 Å². The average Bonchev–Trinajstić information content (AvgIpc) is 2.68. The van der Waals surface area contributed by atoms with Gasteiger partial charge in [-0.2, -0.15) is 0 Å². The van der Waals surface area contributed by atoms with E-state index in [1.807, 2.05) is 36.1 Å². The van der Waals surface area contributed by atoms with Gasteiger partial charge in [0.15, 0.2) is 0 Å². The molecule has 0 atom stereocenters. The molecule has 0 aromatic heterocycles. The lowest BCUT2D eigenvalue weighted by Crippen LogP contribution is -2.45. The van der Waals surface area contributed by atoms with Crippen molar-refractivity contribution in [1.29, 1.82) is 0 Å². The molecule has 1 aromatic rings. The van der Waals surface area contributed by atoms with Gasteiger partial charge in [-0.15, -0.1) is 11.6 Å². The Balaban J connectivity index is 1.71. The van der Waals surface area contributed by atoms with Crippen LogP contribution in [-0.2, 0) is 14.3 Å². The van der Waals surface area contributed by atoms with Crippen LogP contribution in [0.2, 0.25) is 0 Å². The zero-order valence-electron chi connectivity index (χ0n) is 15.7. The summed E-state index contributed by atoms with van der Waals surface area (Å²) in [5, 5.41) is 2.88. The van der Waals surface area contributed by atoms with Crippen molar-refractivity contribution < 1.29 is 14.3 Å². The number of rotatable bonds is 6. The smallest absolute Gasteiger partial charge is 0.274 e. The number of morpholine rings is 1. The van der Waals surface area contributed by atoms with E-state index in [1.54, 1.807) is 0 Å². The van der Waals surface area contributed by atoms with E-state index in [2.05, 4.69) is 10.2 Å². The van der Waals surface area contributed by atoms with E-state index in [1.165, 1.54) is 0 Å². The molecule has 27 heavy (non-hydrogen) atoms. The molecule has 2 amide bonds. The number of benzene rings is 1. The minimum Gasteiger partial charge on any atom is -0.378 e. The van der Waals surface area contributed by atoms with Gasteiger partial charge in [-0.25, -0.2) is 0 Å². The lowest BCUT2D eigenvalue weighted by atomic mass is 10.1. The molecule has 0 aliphatic carbocycles. The van der Waals surface area contributed by atoms with Crippen LogP contribution in [0, 0.1) is 6.92 Å². The van der Waals surface area contributed by atoms with Crippen LogP contribution in [0.15, 0.2) is 30.0 Å². The number of hydrogen-bond donors (Lipinski definition) is 1. The van der Waals surface area contributed by atoms with Crippen molar-refractivity contribution in [3.05, 3.63) is 35.5 Å². The van der Waals surface area contributed by atoms with Gasteiger partial charge < -0.3 is 19.9 Å². The maximum atomic E-state index is 13.1. The summed E-state index contributed by atoms with van der Waals surface area (Å²) in [6, 6.07) is 5.67. The second-order valence-electron chi connectivity index (χ2n) is 6.78. The van der Waals surface area contributed by atoms with Gasteiger partial charge in [-0.1, -0.05) is 6.08 Å². The third-order valence-corrected chi connectivity index (χ3v) is 5.08. The van der Waals surface area contributed by atoms with Gasteiger partial charge in [0.2, 0.25) is 5.91 Å². The molecule has 0 spiro atoms. The van der Waals surface area contributed by atoms with Crippen LogP contribution in [0.4, 0.5) is 11.4 Å². The number of aryl methyl sites for hydroxylation is 1. The monoisotopic (exact) mass is 391 g/mol. The van der Waals surface area contributed by atoms with Crippen molar-refractivity contribution >= 4 is 34.8 Å². The predicted molar refractivity (Wildman–Crippen MR) is 107 cm³/mol. The molecular formula is C20H26ClN3O3. The van der Waals surface area contributed by atoms with Gasteiger partial charge in [0.1, 0.15) is 0 Å². The number of carbonyl (C=O) groups is 2. The summed E-state index contributed by atoms with van der Waals surface area (Å²) < 4.78 is 5.39. The number of anilines is 2. The maximum Gasteiger partial charge on any atom is 0.274 e. The number of nitrogens with zero attached hydrogens (tertiary/aromatic N) is 2. The van der Waals surface area contributed by atoms with Crippen LogP contribution in [0.3, 0.4) is 0 Å². The molecule has 7 heteroatoms. The van der Waals surface area contributed by atoms with E-state index in [9.17, 15) is 9.59 Å². The summed E-state index contributed by atoms with van der Waals surface area (Å²) in [5.74, 6) is 0.459. The van der Waals surface area contributed by atoms with Crippen LogP contribution in [0.1, 0.15) is 24.8 Å². The third kappa shape index (κ3) is 4.82. The average molecular weight is 392 g/mol. The largest absolute Gasteiger partial charge is 0.378 e. The fraction of sp³-hybridized carbons (Fsp3) is 0.500. The molecule has 0 bridgehead atoms. The predicted octanol–water partition coefficient (Wildman–Crippen LogP) is 2.91. The highest BCUT2D eigenvalue weighted by atomic mass is 35.5. The minimum atomic E-state index is -0.0469. The minimum absolute atomic E-state index is 0.0325. The number of halogens is 1. The number of carbonyl (C=O) groups excluding carboxylic acids is 2. The molecule has 2 aliphatic rings. The number of hydrogen-bond acceptors (Lipinski definition) is 4. The molecule has 0 saturated carbocycles. The standard InChI is InChI=1S/C20H26ClN3O3/c1-15-14-16(22-19(25)5-2-8-21)6-7-17(15)24-9-3-4-18(20(24)26)23-10-12-27-13-11-23/h4,6-7,14H,2-3,5,8-13H2,1H3,(H,22,25). The zero-order chi connectivity index (χ0) is 19.2. The quantitative estimate of drug-likeness (QED) is 0.757. The van der Waals surface area contributed by atoms with Gasteiger partial charge in [0.25, 0.3) is 5.91 Å². The van der Waals surface area contributed by atoms with E-state index in [4.69, 9.17) is 16.3 Å². The summed E-state index contributed by atoms with van der Waals surface area (Å²) in [7, 11) is 0. The number of nitrogens with one attached hydrogen (secondary N) is 1. The van der Waals surface area contributed by atoms with Gasteiger partial charge in [0, 0.05) is 43.3 Å². The molecule has 1 fully saturated rings. The molecule has 3 rings (SSSR count). The van der Waals surface area contributed by atoms with E-state index in [-0.39, 0.29) is 11.8 Å². The van der Waals surface area contributed by atoms with E-state index in [0.717, 1.165) is 42.1 Å². The van der Waals surface area contributed by atoms with Crippen LogP contribution in [0.5, 0.6) is 0 Å². The van der Waals surface area contributed by atoms with Crippen LogP contribution >= 0.6 is 11.6 Å². The van der Waals surface area contributed by atoms with Crippen LogP contribution < -0.4 is 10.2 Å². The lowest BCUT2D eigenvalue weighted by molar-refractivity contribution is -0.118. The Kier molecular flexibility index (Phi) is 6.74. The second kappa shape index (κ2) is 9.24. The maximum absolute atomic E-state index is 13.1.